The standard InChI is InChI=1S/C15H14N2O4/c1-9-14(10(2)21-17-9)15(20)16-12-5-3-4-11(8-12)6-7-13(18)19/h3-8H,1-2H3,(H,16,20)(H,18,19). The number of carbonyl (C=O) groups excluding carboxylic acids is 1. The average Bonchev–Trinajstić information content (AvgIpc) is 2.76. The second kappa shape index (κ2) is 6.04. The minimum absolute atomic E-state index is 0.314. The molecule has 1 aromatic heterocycles. The molecule has 0 aliphatic rings. The molecule has 0 aliphatic carbocycles. The number of rotatable bonds is 4. The van der Waals surface area contributed by atoms with Crippen LogP contribution in [0.3, 0.4) is 0 Å². The summed E-state index contributed by atoms with van der Waals surface area (Å²) in [6, 6.07) is 6.86. The predicted molar refractivity (Wildman–Crippen MR) is 77.0 cm³/mol. The first-order valence-corrected chi connectivity index (χ1v) is 6.22. The Balaban J connectivity index is 2.18. The van der Waals surface area contributed by atoms with Gasteiger partial charge in [-0.15, -0.1) is 0 Å². The van der Waals surface area contributed by atoms with Crippen molar-refractivity contribution >= 4 is 23.6 Å². The highest BCUT2D eigenvalue weighted by Crippen LogP contribution is 2.17. The zero-order chi connectivity index (χ0) is 15.4. The highest BCUT2D eigenvalue weighted by atomic mass is 16.5. The quantitative estimate of drug-likeness (QED) is 0.843. The molecule has 2 aromatic rings. The minimum atomic E-state index is -1.03. The molecule has 6 nitrogen and oxygen atoms in total. The van der Waals surface area contributed by atoms with Crippen molar-refractivity contribution in [2.45, 2.75) is 13.8 Å². The maximum atomic E-state index is 12.2. The Morgan fingerprint density at radius 3 is 2.71 bits per heavy atom. The van der Waals surface area contributed by atoms with Crippen molar-refractivity contribution in [2.75, 3.05) is 5.32 Å². The van der Waals surface area contributed by atoms with E-state index in [-0.39, 0.29) is 5.91 Å². The Morgan fingerprint density at radius 2 is 2.10 bits per heavy atom. The van der Waals surface area contributed by atoms with E-state index in [4.69, 9.17) is 9.63 Å². The van der Waals surface area contributed by atoms with E-state index < -0.39 is 5.97 Å². The van der Waals surface area contributed by atoms with Crippen molar-refractivity contribution in [3.05, 3.63) is 52.9 Å². The molecule has 0 saturated heterocycles. The zero-order valence-electron chi connectivity index (χ0n) is 11.6. The van der Waals surface area contributed by atoms with Gasteiger partial charge < -0.3 is 14.9 Å². The van der Waals surface area contributed by atoms with Crippen LogP contribution in [0.2, 0.25) is 0 Å². The van der Waals surface area contributed by atoms with Crippen LogP contribution in [0.15, 0.2) is 34.9 Å². The fourth-order valence-electron chi connectivity index (χ4n) is 1.89. The number of aryl methyl sites for hydroxylation is 2. The predicted octanol–water partition coefficient (Wildman–Crippen LogP) is 2.64. The normalized spacial score (nSPS) is 10.8. The lowest BCUT2D eigenvalue weighted by Crippen LogP contribution is -2.13. The number of aliphatic carboxylic acids is 1. The lowest BCUT2D eigenvalue weighted by Gasteiger charge is -2.05. The summed E-state index contributed by atoms with van der Waals surface area (Å²) >= 11 is 0. The summed E-state index contributed by atoms with van der Waals surface area (Å²) in [5, 5.41) is 15.1. The molecule has 21 heavy (non-hydrogen) atoms. The molecule has 0 spiro atoms. The third-order valence-electron chi connectivity index (χ3n) is 2.82. The van der Waals surface area contributed by atoms with Crippen LogP contribution in [-0.4, -0.2) is 22.1 Å². The first kappa shape index (κ1) is 14.5. The molecule has 2 N–H and O–H groups in total. The van der Waals surface area contributed by atoms with Gasteiger partial charge in [-0.05, 0) is 37.6 Å². The van der Waals surface area contributed by atoms with Gasteiger partial charge in [-0.25, -0.2) is 4.79 Å². The summed E-state index contributed by atoms with van der Waals surface area (Å²) in [5.41, 5.74) is 2.16. The fourth-order valence-corrected chi connectivity index (χ4v) is 1.89. The van der Waals surface area contributed by atoms with Crippen LogP contribution in [0.4, 0.5) is 5.69 Å². The number of carbonyl (C=O) groups is 2. The van der Waals surface area contributed by atoms with Gasteiger partial charge in [0.15, 0.2) is 0 Å². The summed E-state index contributed by atoms with van der Waals surface area (Å²) in [6.45, 7) is 3.36. The Bertz CT molecular complexity index is 697. The lowest BCUT2D eigenvalue weighted by molar-refractivity contribution is -0.131. The smallest absolute Gasteiger partial charge is 0.328 e. The van der Waals surface area contributed by atoms with E-state index >= 15 is 0 Å². The van der Waals surface area contributed by atoms with Gasteiger partial charge in [0.05, 0.1) is 5.69 Å². The number of carboxylic acid groups (broad SMARTS) is 1. The van der Waals surface area contributed by atoms with Gasteiger partial charge in [-0.3, -0.25) is 4.79 Å². The fraction of sp³-hybridized carbons (Fsp3) is 0.133. The van der Waals surface area contributed by atoms with Crippen molar-refractivity contribution < 1.29 is 19.2 Å². The van der Waals surface area contributed by atoms with Gasteiger partial charge in [-0.2, -0.15) is 0 Å². The van der Waals surface area contributed by atoms with Gasteiger partial charge >= 0.3 is 5.97 Å². The number of hydrogen-bond acceptors (Lipinski definition) is 4. The monoisotopic (exact) mass is 286 g/mol. The first-order chi connectivity index (χ1) is 9.97. The van der Waals surface area contributed by atoms with Gasteiger partial charge in [0.2, 0.25) is 0 Å². The molecule has 1 amide bonds. The van der Waals surface area contributed by atoms with Crippen LogP contribution in [0.5, 0.6) is 0 Å². The molecule has 0 unspecified atom stereocenters. The van der Waals surface area contributed by atoms with Gasteiger partial charge in [0.25, 0.3) is 5.91 Å². The van der Waals surface area contributed by atoms with Crippen LogP contribution in [-0.2, 0) is 4.79 Å². The molecule has 0 radical (unpaired) electrons. The van der Waals surface area contributed by atoms with Crippen LogP contribution >= 0.6 is 0 Å². The van der Waals surface area contributed by atoms with Crippen molar-refractivity contribution in [3.8, 4) is 0 Å². The number of hydrogen-bond donors (Lipinski definition) is 2. The molecule has 0 bridgehead atoms. The van der Waals surface area contributed by atoms with Crippen molar-refractivity contribution in [1.82, 2.24) is 5.16 Å². The Hall–Kier alpha value is -2.89. The van der Waals surface area contributed by atoms with Gasteiger partial charge in [0.1, 0.15) is 11.3 Å². The van der Waals surface area contributed by atoms with Crippen LogP contribution in [0, 0.1) is 13.8 Å². The summed E-state index contributed by atoms with van der Waals surface area (Å²) in [5.74, 6) is -0.891. The topological polar surface area (TPSA) is 92.4 Å². The van der Waals surface area contributed by atoms with Crippen molar-refractivity contribution in [3.63, 3.8) is 0 Å². The molecule has 2 rings (SSSR count). The number of aromatic nitrogens is 1. The number of benzene rings is 1. The summed E-state index contributed by atoms with van der Waals surface area (Å²) in [4.78, 5) is 22.7. The molecule has 0 fully saturated rings. The number of nitrogens with one attached hydrogen (secondary N) is 1. The van der Waals surface area contributed by atoms with Crippen LogP contribution in [0.1, 0.15) is 27.4 Å². The molecular weight excluding hydrogens is 272 g/mol. The summed E-state index contributed by atoms with van der Waals surface area (Å²) in [6.07, 6.45) is 2.49. The van der Waals surface area contributed by atoms with E-state index in [0.29, 0.717) is 28.3 Å². The Labute approximate surface area is 121 Å². The number of carboxylic acids is 1. The van der Waals surface area contributed by atoms with E-state index in [2.05, 4.69) is 10.5 Å². The Morgan fingerprint density at radius 1 is 1.33 bits per heavy atom. The van der Waals surface area contributed by atoms with E-state index in [1.54, 1.807) is 38.1 Å². The van der Waals surface area contributed by atoms with Crippen LogP contribution in [0.25, 0.3) is 6.08 Å². The largest absolute Gasteiger partial charge is 0.478 e. The summed E-state index contributed by atoms with van der Waals surface area (Å²) < 4.78 is 4.96. The number of amides is 1. The third kappa shape index (κ3) is 3.56. The van der Waals surface area contributed by atoms with Crippen molar-refractivity contribution in [2.24, 2.45) is 0 Å². The maximum absolute atomic E-state index is 12.2. The molecule has 1 heterocycles. The van der Waals surface area contributed by atoms with Crippen molar-refractivity contribution in [1.29, 1.82) is 0 Å². The Kier molecular flexibility index (Phi) is 4.18. The number of nitrogens with zero attached hydrogens (tertiary/aromatic N) is 1. The maximum Gasteiger partial charge on any atom is 0.328 e. The average molecular weight is 286 g/mol. The molecule has 6 heteroatoms. The second-order valence-corrected chi connectivity index (χ2v) is 4.45. The van der Waals surface area contributed by atoms with E-state index in [0.717, 1.165) is 6.08 Å². The highest BCUT2D eigenvalue weighted by Gasteiger charge is 2.17. The first-order valence-electron chi connectivity index (χ1n) is 6.22. The molecule has 0 atom stereocenters. The van der Waals surface area contributed by atoms with E-state index in [1.165, 1.54) is 6.08 Å². The second-order valence-electron chi connectivity index (χ2n) is 4.45. The molecule has 0 aliphatic heterocycles. The van der Waals surface area contributed by atoms with E-state index in [1.807, 2.05) is 0 Å². The zero-order valence-corrected chi connectivity index (χ0v) is 11.6. The third-order valence-corrected chi connectivity index (χ3v) is 2.82. The molecular formula is C15H14N2O4. The highest BCUT2D eigenvalue weighted by molar-refractivity contribution is 6.05. The molecule has 0 saturated carbocycles. The van der Waals surface area contributed by atoms with Gasteiger partial charge in [0, 0.05) is 11.8 Å². The minimum Gasteiger partial charge on any atom is -0.478 e. The van der Waals surface area contributed by atoms with E-state index in [9.17, 15) is 9.59 Å². The van der Waals surface area contributed by atoms with Gasteiger partial charge in [-0.1, -0.05) is 17.3 Å². The lowest BCUT2D eigenvalue weighted by atomic mass is 10.1. The molecule has 1 aromatic carbocycles. The number of anilines is 1. The summed E-state index contributed by atoms with van der Waals surface area (Å²) in [7, 11) is 0. The molecule has 108 valence electrons. The SMILES string of the molecule is Cc1noc(C)c1C(=O)Nc1cccc(C=CC(=O)O)c1. The van der Waals surface area contributed by atoms with Crippen LogP contribution < -0.4 is 5.32 Å².